The third-order valence-corrected chi connectivity index (χ3v) is 6.17. The minimum absolute atomic E-state index is 0.00546. The van der Waals surface area contributed by atoms with E-state index in [9.17, 15) is 23.3 Å². The van der Waals surface area contributed by atoms with Crippen LogP contribution in [0.25, 0.3) is 5.70 Å². The van der Waals surface area contributed by atoms with E-state index < -0.39 is 20.9 Å². The summed E-state index contributed by atoms with van der Waals surface area (Å²) in [5, 5.41) is 11.3. The van der Waals surface area contributed by atoms with Crippen LogP contribution in [0, 0.1) is 10.1 Å². The molecule has 10 heteroatoms. The van der Waals surface area contributed by atoms with E-state index in [0.29, 0.717) is 0 Å². The number of nitrogens with zero attached hydrogens (tertiary/aromatic N) is 3. The van der Waals surface area contributed by atoms with E-state index in [1.807, 2.05) is 0 Å². The van der Waals surface area contributed by atoms with Crippen molar-refractivity contribution in [3.8, 4) is 0 Å². The van der Waals surface area contributed by atoms with Crippen molar-refractivity contribution in [3.05, 3.63) is 75.8 Å². The lowest BCUT2D eigenvalue weighted by atomic mass is 10.0. The van der Waals surface area contributed by atoms with E-state index in [1.54, 1.807) is 32.0 Å². The van der Waals surface area contributed by atoms with Gasteiger partial charge in [-0.25, -0.2) is 17.5 Å². The zero-order chi connectivity index (χ0) is 21.9. The summed E-state index contributed by atoms with van der Waals surface area (Å²) in [5.41, 5.74) is 0.188. The normalized spacial score (nSPS) is 14.3. The first-order valence-corrected chi connectivity index (χ1v) is 10.5. The number of ether oxygens (including phenoxy) is 1. The Morgan fingerprint density at radius 2 is 1.90 bits per heavy atom. The molecular weight excluding hydrogens is 410 g/mol. The van der Waals surface area contributed by atoms with Gasteiger partial charge in [0.05, 0.1) is 27.8 Å². The van der Waals surface area contributed by atoms with E-state index in [2.05, 4.69) is 4.99 Å². The van der Waals surface area contributed by atoms with Gasteiger partial charge < -0.3 is 4.74 Å². The Morgan fingerprint density at radius 1 is 1.20 bits per heavy atom. The monoisotopic (exact) mass is 429 g/mol. The second-order valence-electron chi connectivity index (χ2n) is 6.30. The number of nitro groups is 1. The minimum Gasteiger partial charge on any atom is -0.462 e. The summed E-state index contributed by atoms with van der Waals surface area (Å²) >= 11 is 0. The lowest BCUT2D eigenvalue weighted by Gasteiger charge is -2.30. The Morgan fingerprint density at radius 3 is 2.53 bits per heavy atom. The fourth-order valence-corrected chi connectivity index (χ4v) is 4.44. The van der Waals surface area contributed by atoms with Crippen molar-refractivity contribution in [2.45, 2.75) is 18.7 Å². The fraction of sp³-hybridized carbons (Fsp3) is 0.200. The van der Waals surface area contributed by atoms with E-state index in [0.717, 1.165) is 4.31 Å². The predicted octanol–water partition coefficient (Wildman–Crippen LogP) is 2.99. The average Bonchev–Trinajstić information content (AvgIpc) is 2.74. The van der Waals surface area contributed by atoms with Gasteiger partial charge in [-0.1, -0.05) is 30.3 Å². The number of nitro benzene ring substituents is 1. The van der Waals surface area contributed by atoms with Crippen molar-refractivity contribution in [1.82, 2.24) is 4.31 Å². The lowest BCUT2D eigenvalue weighted by molar-refractivity contribution is -0.384. The number of carbonyl (C=O) groups is 1. The Hall–Kier alpha value is -3.53. The van der Waals surface area contributed by atoms with Crippen LogP contribution in [-0.2, 0) is 19.6 Å². The van der Waals surface area contributed by atoms with Crippen molar-refractivity contribution < 1.29 is 22.9 Å². The number of rotatable bonds is 6. The summed E-state index contributed by atoms with van der Waals surface area (Å²) in [6.45, 7) is 2.99. The molecule has 0 fully saturated rings. The first-order chi connectivity index (χ1) is 14.3. The average molecular weight is 429 g/mol. The molecule has 0 bridgehead atoms. The molecule has 0 saturated heterocycles. The Bertz CT molecular complexity index is 1160. The summed E-state index contributed by atoms with van der Waals surface area (Å²) in [6, 6.07) is 13.1. The van der Waals surface area contributed by atoms with Gasteiger partial charge in [0, 0.05) is 17.7 Å². The number of hydrogen-bond acceptors (Lipinski definition) is 7. The maximum absolute atomic E-state index is 13.4. The van der Waals surface area contributed by atoms with Gasteiger partial charge >= 0.3 is 5.97 Å². The van der Waals surface area contributed by atoms with Gasteiger partial charge in [0.25, 0.3) is 15.7 Å². The maximum atomic E-state index is 13.4. The molecule has 1 aliphatic rings. The van der Waals surface area contributed by atoms with Crippen molar-refractivity contribution in [2.75, 3.05) is 13.3 Å². The molecule has 0 aromatic heterocycles. The Kier molecular flexibility index (Phi) is 5.97. The summed E-state index contributed by atoms with van der Waals surface area (Å²) < 4.78 is 32.8. The van der Waals surface area contributed by atoms with Gasteiger partial charge in [-0.2, -0.15) is 0 Å². The quantitative estimate of drug-likeness (QED) is 0.396. The van der Waals surface area contributed by atoms with Gasteiger partial charge in [0.1, 0.15) is 12.2 Å². The SMILES string of the molecule is CCOC(=O)C1=C(c2cccc([N+](=O)[O-])c2)N(S(=O)(=O)c2ccccc2)CN=C1C. The smallest absolute Gasteiger partial charge is 0.342 e. The Balaban J connectivity index is 2.29. The van der Waals surface area contributed by atoms with Crippen molar-refractivity contribution in [1.29, 1.82) is 0 Å². The van der Waals surface area contributed by atoms with Crippen molar-refractivity contribution in [3.63, 3.8) is 0 Å². The number of sulfonamides is 1. The summed E-state index contributed by atoms with van der Waals surface area (Å²) in [7, 11) is -4.11. The molecule has 3 rings (SSSR count). The Labute approximate surface area is 173 Å². The van der Waals surface area contributed by atoms with E-state index in [4.69, 9.17) is 4.74 Å². The first kappa shape index (κ1) is 21.2. The highest BCUT2D eigenvalue weighted by atomic mass is 32.2. The molecule has 1 aliphatic heterocycles. The second-order valence-corrected chi connectivity index (χ2v) is 8.17. The van der Waals surface area contributed by atoms with Gasteiger partial charge in [-0.3, -0.25) is 15.1 Å². The molecule has 156 valence electrons. The standard InChI is InChI=1S/C20H19N3O6S/c1-3-29-20(24)18-14(2)21-13-22(30(27,28)17-10-5-4-6-11-17)19(18)15-8-7-9-16(12-15)23(25)26/h4-12H,3,13H2,1-2H3. The van der Waals surface area contributed by atoms with Crippen molar-refractivity contribution in [2.24, 2.45) is 4.99 Å². The van der Waals surface area contributed by atoms with E-state index >= 15 is 0 Å². The largest absolute Gasteiger partial charge is 0.462 e. The van der Waals surface area contributed by atoms with Crippen LogP contribution in [0.2, 0.25) is 0 Å². The molecule has 0 unspecified atom stereocenters. The molecule has 30 heavy (non-hydrogen) atoms. The number of carbonyl (C=O) groups excluding carboxylic acids is 1. The van der Waals surface area contributed by atoms with Crippen LogP contribution in [0.5, 0.6) is 0 Å². The van der Waals surface area contributed by atoms with Gasteiger partial charge in [-0.15, -0.1) is 0 Å². The highest BCUT2D eigenvalue weighted by molar-refractivity contribution is 7.89. The molecule has 0 amide bonds. The van der Waals surface area contributed by atoms with Gasteiger partial charge in [0.15, 0.2) is 0 Å². The molecule has 0 spiro atoms. The van der Waals surface area contributed by atoms with Crippen LogP contribution < -0.4 is 0 Å². The first-order valence-electron chi connectivity index (χ1n) is 9.02. The molecule has 0 atom stereocenters. The third kappa shape index (κ3) is 3.94. The van der Waals surface area contributed by atoms with Crippen LogP contribution >= 0.6 is 0 Å². The fourth-order valence-electron chi connectivity index (χ4n) is 3.03. The van der Waals surface area contributed by atoms with Gasteiger partial charge in [0.2, 0.25) is 0 Å². The highest BCUT2D eigenvalue weighted by Crippen LogP contribution is 2.34. The predicted molar refractivity (Wildman–Crippen MR) is 110 cm³/mol. The number of benzene rings is 2. The maximum Gasteiger partial charge on any atom is 0.342 e. The molecular formula is C20H19N3O6S. The summed E-state index contributed by atoms with van der Waals surface area (Å²) in [5.74, 6) is -0.756. The van der Waals surface area contributed by atoms with Crippen LogP contribution in [0.4, 0.5) is 5.69 Å². The number of aliphatic imine (C=N–C) groups is 1. The molecule has 0 aliphatic carbocycles. The van der Waals surface area contributed by atoms with E-state index in [-0.39, 0.29) is 46.4 Å². The number of non-ortho nitro benzene ring substituents is 1. The topological polar surface area (TPSA) is 119 Å². The van der Waals surface area contributed by atoms with Crippen LogP contribution in [0.15, 0.2) is 70.1 Å². The molecule has 2 aromatic carbocycles. The second kappa shape index (κ2) is 8.46. The van der Waals surface area contributed by atoms with Crippen LogP contribution in [0.3, 0.4) is 0 Å². The molecule has 0 saturated carbocycles. The third-order valence-electron chi connectivity index (χ3n) is 4.43. The summed E-state index contributed by atoms with van der Waals surface area (Å²) in [4.78, 5) is 27.6. The minimum atomic E-state index is -4.11. The molecule has 0 N–H and O–H groups in total. The van der Waals surface area contributed by atoms with Gasteiger partial charge in [-0.05, 0) is 26.0 Å². The molecule has 9 nitrogen and oxygen atoms in total. The molecule has 2 aromatic rings. The van der Waals surface area contributed by atoms with Crippen molar-refractivity contribution >= 4 is 33.1 Å². The summed E-state index contributed by atoms with van der Waals surface area (Å²) in [6.07, 6.45) is 0. The number of esters is 1. The van der Waals surface area contributed by atoms with Crippen LogP contribution in [0.1, 0.15) is 19.4 Å². The van der Waals surface area contributed by atoms with E-state index in [1.165, 1.54) is 36.4 Å². The van der Waals surface area contributed by atoms with Crippen LogP contribution in [-0.4, -0.2) is 42.6 Å². The number of hydrogen-bond donors (Lipinski definition) is 0. The lowest BCUT2D eigenvalue weighted by Crippen LogP contribution is -2.36. The zero-order valence-corrected chi connectivity index (χ0v) is 17.1. The zero-order valence-electron chi connectivity index (χ0n) is 16.3. The molecule has 0 radical (unpaired) electrons. The highest BCUT2D eigenvalue weighted by Gasteiger charge is 2.36. The molecule has 1 heterocycles.